The lowest BCUT2D eigenvalue weighted by Crippen LogP contribution is -2.06. The van der Waals surface area contributed by atoms with Gasteiger partial charge in [-0.25, -0.2) is 4.98 Å². The topological polar surface area (TPSA) is 69.6 Å². The van der Waals surface area contributed by atoms with Crippen molar-refractivity contribution in [2.45, 2.75) is 0 Å². The van der Waals surface area contributed by atoms with E-state index in [-0.39, 0.29) is 0 Å². The summed E-state index contributed by atoms with van der Waals surface area (Å²) < 4.78 is 8.81. The highest BCUT2D eigenvalue weighted by Gasteiger charge is 2.24. The number of rotatable bonds is 3. The van der Waals surface area contributed by atoms with Gasteiger partial charge in [0.2, 0.25) is 5.95 Å². The van der Waals surface area contributed by atoms with Crippen molar-refractivity contribution >= 4 is 54.5 Å². The zero-order valence-electron chi connectivity index (χ0n) is 22.3. The van der Waals surface area contributed by atoms with Crippen LogP contribution in [0.3, 0.4) is 0 Å². The van der Waals surface area contributed by atoms with Crippen molar-refractivity contribution in [2.75, 3.05) is 0 Å². The molecule has 0 unspecified atom stereocenters. The largest absolute Gasteiger partial charge is 0.454 e. The van der Waals surface area contributed by atoms with Gasteiger partial charge < -0.3 is 4.42 Å². The van der Waals surface area contributed by atoms with Gasteiger partial charge in [-0.1, -0.05) is 97.1 Å². The molecule has 0 saturated carbocycles. The second-order valence-corrected chi connectivity index (χ2v) is 10.3. The second kappa shape index (κ2) is 8.81. The van der Waals surface area contributed by atoms with E-state index in [1.54, 1.807) is 0 Å². The summed E-state index contributed by atoms with van der Waals surface area (Å²) in [4.78, 5) is 19.6. The molecule has 0 atom stereocenters. The van der Waals surface area contributed by atoms with E-state index in [0.29, 0.717) is 17.6 Å². The molecule has 0 spiro atoms. The fourth-order valence-corrected chi connectivity index (χ4v) is 6.12. The monoisotopic (exact) mass is 539 g/mol. The van der Waals surface area contributed by atoms with Crippen molar-refractivity contribution in [1.29, 1.82) is 0 Å². The van der Waals surface area contributed by atoms with Crippen molar-refractivity contribution in [3.63, 3.8) is 0 Å². The Kier molecular flexibility index (Phi) is 4.80. The molecule has 4 aromatic heterocycles. The highest BCUT2D eigenvalue weighted by molar-refractivity contribution is 6.34. The highest BCUT2D eigenvalue weighted by Crippen LogP contribution is 2.45. The lowest BCUT2D eigenvalue weighted by atomic mass is 10.0. The second-order valence-electron chi connectivity index (χ2n) is 10.3. The molecule has 6 heteroatoms. The zero-order valence-corrected chi connectivity index (χ0v) is 22.3. The molecule has 0 N–H and O–H groups in total. The van der Waals surface area contributed by atoms with Crippen molar-refractivity contribution in [2.24, 2.45) is 0 Å². The molecule has 0 amide bonds. The Morgan fingerprint density at radius 2 is 1.17 bits per heavy atom. The Morgan fingerprint density at radius 1 is 0.524 bits per heavy atom. The van der Waals surface area contributed by atoms with Gasteiger partial charge in [0.1, 0.15) is 11.1 Å². The van der Waals surface area contributed by atoms with Crippen LogP contribution in [0.25, 0.3) is 83.2 Å². The summed E-state index contributed by atoms with van der Waals surface area (Å²) in [6.07, 6.45) is 3.79. The fourth-order valence-electron chi connectivity index (χ4n) is 6.12. The van der Waals surface area contributed by atoms with Crippen LogP contribution >= 0.6 is 0 Å². The number of pyridine rings is 1. The molecule has 0 aliphatic rings. The third-order valence-corrected chi connectivity index (χ3v) is 7.93. The van der Waals surface area contributed by atoms with E-state index in [0.717, 1.165) is 65.6 Å². The maximum atomic E-state index is 6.68. The van der Waals surface area contributed by atoms with Gasteiger partial charge in [0, 0.05) is 50.5 Å². The van der Waals surface area contributed by atoms with Crippen molar-refractivity contribution < 1.29 is 4.42 Å². The fraction of sp³-hybridized carbons (Fsp3) is 0. The Labute approximate surface area is 239 Å². The van der Waals surface area contributed by atoms with Gasteiger partial charge >= 0.3 is 0 Å². The van der Waals surface area contributed by atoms with Crippen molar-refractivity contribution in [1.82, 2.24) is 24.5 Å². The predicted molar refractivity (Wildman–Crippen MR) is 168 cm³/mol. The quantitative estimate of drug-likeness (QED) is 0.224. The summed E-state index contributed by atoms with van der Waals surface area (Å²) in [5.74, 6) is 1.75. The van der Waals surface area contributed by atoms with Crippen LogP contribution in [0.4, 0.5) is 0 Å². The Morgan fingerprint density at radius 3 is 1.90 bits per heavy atom. The summed E-state index contributed by atoms with van der Waals surface area (Å²) >= 11 is 0. The lowest BCUT2D eigenvalue weighted by molar-refractivity contribution is 0.671. The smallest absolute Gasteiger partial charge is 0.238 e. The van der Waals surface area contributed by atoms with Gasteiger partial charge in [-0.15, -0.1) is 0 Å². The molecule has 196 valence electrons. The van der Waals surface area contributed by atoms with E-state index < -0.39 is 0 Å². The molecule has 0 fully saturated rings. The van der Waals surface area contributed by atoms with Gasteiger partial charge in [0.25, 0.3) is 0 Å². The molecule has 4 heterocycles. The molecule has 0 radical (unpaired) electrons. The Hall–Kier alpha value is -5.88. The van der Waals surface area contributed by atoms with Crippen molar-refractivity contribution in [3.05, 3.63) is 128 Å². The van der Waals surface area contributed by atoms with E-state index >= 15 is 0 Å². The van der Waals surface area contributed by atoms with Crippen LogP contribution in [-0.4, -0.2) is 24.5 Å². The zero-order chi connectivity index (χ0) is 27.6. The average molecular weight is 540 g/mol. The minimum atomic E-state index is 0.532. The first-order valence-corrected chi connectivity index (χ1v) is 13.8. The number of fused-ring (bicyclic) bond motifs is 10. The maximum Gasteiger partial charge on any atom is 0.238 e. The van der Waals surface area contributed by atoms with Gasteiger partial charge in [0.05, 0.1) is 5.52 Å². The minimum absolute atomic E-state index is 0.532. The van der Waals surface area contributed by atoms with E-state index in [1.165, 1.54) is 0 Å². The van der Waals surface area contributed by atoms with Crippen LogP contribution in [0, 0.1) is 0 Å². The van der Waals surface area contributed by atoms with Gasteiger partial charge in [-0.2, -0.15) is 9.97 Å². The van der Waals surface area contributed by atoms with Crippen LogP contribution in [0.2, 0.25) is 0 Å². The molecule has 5 aromatic carbocycles. The number of aromatic nitrogens is 5. The van der Waals surface area contributed by atoms with Crippen LogP contribution in [0.15, 0.2) is 132 Å². The van der Waals surface area contributed by atoms with Crippen LogP contribution in [0.5, 0.6) is 0 Å². The van der Waals surface area contributed by atoms with E-state index in [4.69, 9.17) is 19.4 Å². The minimum Gasteiger partial charge on any atom is -0.454 e. The Bertz CT molecular complexity index is 2400. The SMILES string of the molecule is c1ccc(-c2nc(-c3ccccc3)nc(-n3c4ccccc4c4c5ccncc5c5c6ccccc6oc5c43)n2)cc1. The molecule has 42 heavy (non-hydrogen) atoms. The molecule has 0 aliphatic carbocycles. The standard InChI is InChI=1S/C36H21N5O/c1-3-11-22(12-4-1)34-38-35(23-13-5-2-6-14-23)40-36(39-34)41-28-17-9-7-15-25(28)30-24-19-20-37-21-27(24)31-26-16-8-10-18-29(26)42-33(31)32(30)41/h1-21H. The third kappa shape index (κ3) is 3.26. The molecule has 0 saturated heterocycles. The summed E-state index contributed by atoms with van der Waals surface area (Å²) in [5, 5.41) is 6.42. The maximum absolute atomic E-state index is 6.68. The van der Waals surface area contributed by atoms with E-state index in [2.05, 4.69) is 45.9 Å². The third-order valence-electron chi connectivity index (χ3n) is 7.93. The highest BCUT2D eigenvalue weighted by atomic mass is 16.3. The Balaban J connectivity index is 1.50. The van der Waals surface area contributed by atoms with Gasteiger partial charge in [0.15, 0.2) is 17.2 Å². The van der Waals surface area contributed by atoms with Gasteiger partial charge in [-0.3, -0.25) is 9.55 Å². The molecule has 0 aliphatic heterocycles. The predicted octanol–water partition coefficient (Wildman–Crippen LogP) is 8.75. The lowest BCUT2D eigenvalue weighted by Gasteiger charge is -2.11. The summed E-state index contributed by atoms with van der Waals surface area (Å²) in [6, 6.07) is 38.7. The van der Waals surface area contributed by atoms with E-state index in [1.807, 2.05) is 91.3 Å². The molecule has 9 rings (SSSR count). The molecule has 6 nitrogen and oxygen atoms in total. The normalized spacial score (nSPS) is 11.8. The molecular formula is C36H21N5O. The number of nitrogens with zero attached hydrogens (tertiary/aromatic N) is 5. The van der Waals surface area contributed by atoms with Gasteiger partial charge in [-0.05, 0) is 23.6 Å². The number of hydrogen-bond donors (Lipinski definition) is 0. The van der Waals surface area contributed by atoms with Crippen LogP contribution < -0.4 is 0 Å². The van der Waals surface area contributed by atoms with Crippen LogP contribution in [0.1, 0.15) is 0 Å². The first-order chi connectivity index (χ1) is 20.8. The first-order valence-electron chi connectivity index (χ1n) is 13.8. The average Bonchev–Trinajstić information content (AvgIpc) is 3.62. The number of para-hydroxylation sites is 2. The number of furan rings is 1. The van der Waals surface area contributed by atoms with Crippen molar-refractivity contribution in [3.8, 4) is 28.7 Å². The molecule has 0 bridgehead atoms. The first kappa shape index (κ1) is 22.9. The molecule has 9 aromatic rings. The summed E-state index contributed by atoms with van der Waals surface area (Å²) in [7, 11) is 0. The number of benzene rings is 5. The summed E-state index contributed by atoms with van der Waals surface area (Å²) in [5.41, 5.74) is 5.36. The summed E-state index contributed by atoms with van der Waals surface area (Å²) in [6.45, 7) is 0. The molecular weight excluding hydrogens is 518 g/mol. The van der Waals surface area contributed by atoms with E-state index in [9.17, 15) is 0 Å². The van der Waals surface area contributed by atoms with Crippen LogP contribution in [-0.2, 0) is 0 Å². The number of hydrogen-bond acceptors (Lipinski definition) is 5.